The molecule has 0 aromatic carbocycles. The van der Waals surface area contributed by atoms with Crippen LogP contribution in [0.2, 0.25) is 0 Å². The van der Waals surface area contributed by atoms with Crippen LogP contribution in [0.4, 0.5) is 0 Å². The van der Waals surface area contributed by atoms with E-state index in [1.807, 2.05) is 0 Å². The molecule has 1 rings (SSSR count). The molecular weight excluding hydrogens is 114 g/mol. The van der Waals surface area contributed by atoms with E-state index < -0.39 is 0 Å². The second kappa shape index (κ2) is 3.85. The summed E-state index contributed by atoms with van der Waals surface area (Å²) in [7, 11) is 2.15. The van der Waals surface area contributed by atoms with E-state index in [1.54, 1.807) is 0 Å². The summed E-state index contributed by atoms with van der Waals surface area (Å²) in [5, 5.41) is 0. The van der Waals surface area contributed by atoms with Crippen LogP contribution in [0.3, 0.4) is 0 Å². The van der Waals surface area contributed by atoms with Crippen LogP contribution in [0.5, 0.6) is 0 Å². The van der Waals surface area contributed by atoms with E-state index in [1.165, 1.54) is 19.4 Å². The minimum Gasteiger partial charge on any atom is -0.380 e. The first kappa shape index (κ1) is 7.03. The Morgan fingerprint density at radius 1 is 1.11 bits per heavy atom. The number of hydrogen-bond donors (Lipinski definition) is 0. The molecule has 1 aliphatic rings. The van der Waals surface area contributed by atoms with Gasteiger partial charge in [-0.15, -0.1) is 0 Å². The van der Waals surface area contributed by atoms with Crippen LogP contribution in [-0.4, -0.2) is 38.3 Å². The van der Waals surface area contributed by atoms with E-state index in [9.17, 15) is 0 Å². The molecule has 2 heteroatoms. The zero-order chi connectivity index (χ0) is 6.53. The Balaban J connectivity index is 2.12. The molecule has 0 unspecified atom stereocenters. The molecule has 0 atom stereocenters. The summed E-state index contributed by atoms with van der Waals surface area (Å²) in [6.45, 7) is 4.22. The number of rotatable bonds is 0. The zero-order valence-corrected chi connectivity index (χ0v) is 6.10. The molecule has 0 spiro atoms. The predicted octanol–water partition coefficient (Wildman–Crippen LogP) is 0.729. The van der Waals surface area contributed by atoms with Crippen molar-refractivity contribution in [3.05, 3.63) is 0 Å². The Bertz CT molecular complexity index is 67.3. The van der Waals surface area contributed by atoms with Gasteiger partial charge in [-0.3, -0.25) is 0 Å². The van der Waals surface area contributed by atoms with Crippen molar-refractivity contribution >= 4 is 0 Å². The topological polar surface area (TPSA) is 12.5 Å². The van der Waals surface area contributed by atoms with Gasteiger partial charge < -0.3 is 9.64 Å². The van der Waals surface area contributed by atoms with Gasteiger partial charge in [0.25, 0.3) is 0 Å². The quantitative estimate of drug-likeness (QED) is 0.478. The van der Waals surface area contributed by atoms with Crippen LogP contribution in [0.25, 0.3) is 0 Å². The molecule has 9 heavy (non-hydrogen) atoms. The van der Waals surface area contributed by atoms with Gasteiger partial charge in [-0.25, -0.2) is 0 Å². The van der Waals surface area contributed by atoms with Gasteiger partial charge in [-0.05, 0) is 26.4 Å². The molecule has 0 aromatic rings. The van der Waals surface area contributed by atoms with Crippen LogP contribution in [0.15, 0.2) is 0 Å². The highest BCUT2D eigenvalue weighted by molar-refractivity contribution is 4.53. The van der Waals surface area contributed by atoms with Crippen LogP contribution in [0, 0.1) is 0 Å². The van der Waals surface area contributed by atoms with Gasteiger partial charge in [-0.2, -0.15) is 0 Å². The highest BCUT2D eigenvalue weighted by Crippen LogP contribution is 1.97. The summed E-state index contributed by atoms with van der Waals surface area (Å²) in [4.78, 5) is 2.32. The molecule has 1 fully saturated rings. The highest BCUT2D eigenvalue weighted by Gasteiger charge is 2.01. The molecule has 0 saturated carbocycles. The monoisotopic (exact) mass is 129 g/mol. The van der Waals surface area contributed by atoms with Crippen molar-refractivity contribution in [3.8, 4) is 0 Å². The summed E-state index contributed by atoms with van der Waals surface area (Å²) in [6.07, 6.45) is 2.51. The SMILES string of the molecule is CN1CCCCOCC1. The Labute approximate surface area is 56.8 Å². The average molecular weight is 129 g/mol. The molecule has 0 N–H and O–H groups in total. The molecule has 1 saturated heterocycles. The summed E-state index contributed by atoms with van der Waals surface area (Å²) in [5.41, 5.74) is 0. The molecule has 2 nitrogen and oxygen atoms in total. The number of nitrogens with zero attached hydrogens (tertiary/aromatic N) is 1. The fraction of sp³-hybridized carbons (Fsp3) is 1.00. The standard InChI is InChI=1S/C7H15NO/c1-8-4-2-3-6-9-7-5-8/h2-7H2,1H3. The smallest absolute Gasteiger partial charge is 0.0593 e. The van der Waals surface area contributed by atoms with Crippen molar-refractivity contribution < 1.29 is 4.74 Å². The first-order valence-electron chi connectivity index (χ1n) is 3.66. The van der Waals surface area contributed by atoms with Crippen molar-refractivity contribution in [1.29, 1.82) is 0 Å². The first-order chi connectivity index (χ1) is 4.39. The van der Waals surface area contributed by atoms with Crippen molar-refractivity contribution in [3.63, 3.8) is 0 Å². The summed E-state index contributed by atoms with van der Waals surface area (Å²) >= 11 is 0. The van der Waals surface area contributed by atoms with Crippen molar-refractivity contribution in [2.75, 3.05) is 33.4 Å². The number of likely N-dealkylation sites (N-methyl/N-ethyl adjacent to an activating group) is 1. The van der Waals surface area contributed by atoms with Gasteiger partial charge in [0.15, 0.2) is 0 Å². The summed E-state index contributed by atoms with van der Waals surface area (Å²) in [5.74, 6) is 0. The summed E-state index contributed by atoms with van der Waals surface area (Å²) in [6, 6.07) is 0. The predicted molar refractivity (Wildman–Crippen MR) is 37.5 cm³/mol. The maximum atomic E-state index is 5.30. The third kappa shape index (κ3) is 2.82. The lowest BCUT2D eigenvalue weighted by atomic mass is 10.3. The van der Waals surface area contributed by atoms with E-state index in [2.05, 4.69) is 11.9 Å². The van der Waals surface area contributed by atoms with Crippen LogP contribution in [-0.2, 0) is 4.74 Å². The van der Waals surface area contributed by atoms with Gasteiger partial charge >= 0.3 is 0 Å². The Morgan fingerprint density at radius 2 is 2.00 bits per heavy atom. The lowest BCUT2D eigenvalue weighted by molar-refractivity contribution is 0.0900. The van der Waals surface area contributed by atoms with Gasteiger partial charge in [0, 0.05) is 13.2 Å². The molecular formula is C7H15NO. The highest BCUT2D eigenvalue weighted by atomic mass is 16.5. The molecule has 54 valence electrons. The Hall–Kier alpha value is -0.0800. The lowest BCUT2D eigenvalue weighted by Crippen LogP contribution is -2.26. The first-order valence-corrected chi connectivity index (χ1v) is 3.66. The van der Waals surface area contributed by atoms with Gasteiger partial charge in [0.05, 0.1) is 6.61 Å². The fourth-order valence-corrected chi connectivity index (χ4v) is 1.02. The molecule has 0 radical (unpaired) electrons. The Morgan fingerprint density at radius 3 is 2.89 bits per heavy atom. The second-order valence-electron chi connectivity index (χ2n) is 2.62. The second-order valence-corrected chi connectivity index (χ2v) is 2.62. The third-order valence-electron chi connectivity index (χ3n) is 1.70. The maximum absolute atomic E-state index is 5.30. The average Bonchev–Trinajstić information content (AvgIpc) is 1.79. The molecule has 0 bridgehead atoms. The van der Waals surface area contributed by atoms with Crippen LogP contribution in [0.1, 0.15) is 12.8 Å². The van der Waals surface area contributed by atoms with Gasteiger partial charge in [-0.1, -0.05) is 0 Å². The van der Waals surface area contributed by atoms with E-state index in [0.29, 0.717) is 0 Å². The summed E-state index contributed by atoms with van der Waals surface area (Å²) < 4.78 is 5.30. The number of ether oxygens (including phenoxy) is 1. The fourth-order valence-electron chi connectivity index (χ4n) is 1.02. The van der Waals surface area contributed by atoms with Crippen molar-refractivity contribution in [2.24, 2.45) is 0 Å². The number of hydrogen-bond acceptors (Lipinski definition) is 2. The van der Waals surface area contributed by atoms with Gasteiger partial charge in [0.1, 0.15) is 0 Å². The molecule has 0 amide bonds. The molecule has 0 aromatic heterocycles. The molecule has 0 aliphatic carbocycles. The van der Waals surface area contributed by atoms with E-state index >= 15 is 0 Å². The normalized spacial score (nSPS) is 25.0. The lowest BCUT2D eigenvalue weighted by Gasteiger charge is -2.19. The third-order valence-corrected chi connectivity index (χ3v) is 1.70. The van der Waals surface area contributed by atoms with Gasteiger partial charge in [0.2, 0.25) is 0 Å². The van der Waals surface area contributed by atoms with E-state index in [-0.39, 0.29) is 0 Å². The van der Waals surface area contributed by atoms with Crippen LogP contribution >= 0.6 is 0 Å². The van der Waals surface area contributed by atoms with E-state index in [4.69, 9.17) is 4.74 Å². The molecule has 1 aliphatic heterocycles. The Kier molecular flexibility index (Phi) is 3.01. The minimum absolute atomic E-state index is 0.913. The van der Waals surface area contributed by atoms with E-state index in [0.717, 1.165) is 19.8 Å². The minimum atomic E-state index is 0.913. The molecule has 1 heterocycles. The zero-order valence-electron chi connectivity index (χ0n) is 6.10. The van der Waals surface area contributed by atoms with Crippen molar-refractivity contribution in [1.82, 2.24) is 4.90 Å². The maximum Gasteiger partial charge on any atom is 0.0593 e. The van der Waals surface area contributed by atoms with Crippen molar-refractivity contribution in [2.45, 2.75) is 12.8 Å². The van der Waals surface area contributed by atoms with Crippen LogP contribution < -0.4 is 0 Å². The largest absolute Gasteiger partial charge is 0.380 e.